The van der Waals surface area contributed by atoms with Gasteiger partial charge in [-0.25, -0.2) is 14.4 Å². The van der Waals surface area contributed by atoms with Gasteiger partial charge in [0, 0.05) is 30.6 Å². The molecule has 110 valence electrons. The smallest absolute Gasteiger partial charge is 0.312 e. The van der Waals surface area contributed by atoms with Gasteiger partial charge in [-0.1, -0.05) is 0 Å². The molecule has 0 bridgehead atoms. The van der Waals surface area contributed by atoms with Crippen LogP contribution < -0.4 is 5.32 Å². The van der Waals surface area contributed by atoms with Crippen molar-refractivity contribution < 1.29 is 17.6 Å². The van der Waals surface area contributed by atoms with Crippen molar-refractivity contribution in [2.24, 2.45) is 0 Å². The molecule has 0 spiro atoms. The highest BCUT2D eigenvalue weighted by Gasteiger charge is 2.34. The van der Waals surface area contributed by atoms with Crippen LogP contribution in [0.25, 0.3) is 11.3 Å². The van der Waals surface area contributed by atoms with Crippen LogP contribution in [0.5, 0.6) is 0 Å². The molecule has 0 amide bonds. The monoisotopic (exact) mass is 297 g/mol. The average Bonchev–Trinajstić information content (AvgIpc) is 2.46. The van der Waals surface area contributed by atoms with E-state index < -0.39 is 17.6 Å². The van der Waals surface area contributed by atoms with E-state index in [1.165, 1.54) is 12.4 Å². The summed E-state index contributed by atoms with van der Waals surface area (Å²) in [7, 11) is 0. The Morgan fingerprint density at radius 2 is 1.95 bits per heavy atom. The first kappa shape index (κ1) is 13.9. The van der Waals surface area contributed by atoms with Gasteiger partial charge in [-0.05, 0) is 18.2 Å². The van der Waals surface area contributed by atoms with Crippen LogP contribution in [0.2, 0.25) is 0 Å². The minimum absolute atomic E-state index is 0.242. The zero-order chi connectivity index (χ0) is 15.0. The highest BCUT2D eigenvalue weighted by atomic mass is 19.4. The van der Waals surface area contributed by atoms with Gasteiger partial charge in [-0.15, -0.1) is 0 Å². The molecule has 7 heteroatoms. The summed E-state index contributed by atoms with van der Waals surface area (Å²) in [6, 6.07) is 2.93. The largest absolute Gasteiger partial charge is 0.419 e. The standard InChI is InChI=1S/C14H11F4N3/c15-11-2-1-8(5-10(11)14(16,17)18)13-9-6-19-4-3-12(9)20-7-21-13/h1-2,5,7,19H,3-4,6H2. The third-order valence-electron chi connectivity index (χ3n) is 3.42. The van der Waals surface area contributed by atoms with Crippen LogP contribution in [-0.2, 0) is 19.1 Å². The normalized spacial score (nSPS) is 14.9. The Balaban J connectivity index is 2.14. The second-order valence-corrected chi connectivity index (χ2v) is 4.77. The van der Waals surface area contributed by atoms with Crippen LogP contribution in [0.15, 0.2) is 24.5 Å². The quantitative estimate of drug-likeness (QED) is 0.822. The number of hydrogen-bond acceptors (Lipinski definition) is 3. The summed E-state index contributed by atoms with van der Waals surface area (Å²) in [6.07, 6.45) is -2.71. The number of rotatable bonds is 1. The van der Waals surface area contributed by atoms with Crippen molar-refractivity contribution in [1.29, 1.82) is 0 Å². The van der Waals surface area contributed by atoms with Crippen molar-refractivity contribution in [3.8, 4) is 11.3 Å². The maximum atomic E-state index is 13.4. The first-order chi connectivity index (χ1) is 9.97. The Morgan fingerprint density at radius 3 is 2.71 bits per heavy atom. The molecule has 0 fully saturated rings. The van der Waals surface area contributed by atoms with Crippen molar-refractivity contribution >= 4 is 0 Å². The third kappa shape index (κ3) is 2.61. The van der Waals surface area contributed by atoms with Crippen LogP contribution in [-0.4, -0.2) is 16.5 Å². The summed E-state index contributed by atoms with van der Waals surface area (Å²) in [4.78, 5) is 8.22. The number of nitrogens with zero attached hydrogens (tertiary/aromatic N) is 2. The molecule has 1 N–H and O–H groups in total. The topological polar surface area (TPSA) is 37.8 Å². The number of nitrogens with one attached hydrogen (secondary N) is 1. The summed E-state index contributed by atoms with van der Waals surface area (Å²) in [5.41, 5.74) is 0.958. The summed E-state index contributed by atoms with van der Waals surface area (Å²) in [5, 5.41) is 3.13. The molecule has 2 aromatic rings. The van der Waals surface area contributed by atoms with E-state index >= 15 is 0 Å². The molecule has 21 heavy (non-hydrogen) atoms. The molecule has 3 rings (SSSR count). The third-order valence-corrected chi connectivity index (χ3v) is 3.42. The van der Waals surface area contributed by atoms with Gasteiger partial charge in [0.2, 0.25) is 0 Å². The second kappa shape index (κ2) is 5.07. The zero-order valence-electron chi connectivity index (χ0n) is 10.8. The predicted octanol–water partition coefficient (Wildman–Crippen LogP) is 2.95. The predicted molar refractivity (Wildman–Crippen MR) is 67.8 cm³/mol. The fourth-order valence-electron chi connectivity index (χ4n) is 2.41. The maximum absolute atomic E-state index is 13.4. The lowest BCUT2D eigenvalue weighted by atomic mass is 9.99. The van der Waals surface area contributed by atoms with E-state index in [0.29, 0.717) is 18.7 Å². The highest BCUT2D eigenvalue weighted by molar-refractivity contribution is 5.65. The molecule has 1 aromatic carbocycles. The van der Waals surface area contributed by atoms with Crippen LogP contribution in [0, 0.1) is 5.82 Å². The molecule has 0 atom stereocenters. The lowest BCUT2D eigenvalue weighted by molar-refractivity contribution is -0.139. The number of halogens is 4. The van der Waals surface area contributed by atoms with Gasteiger partial charge in [-0.2, -0.15) is 13.2 Å². The molecule has 1 aromatic heterocycles. The van der Waals surface area contributed by atoms with E-state index in [4.69, 9.17) is 0 Å². The Bertz CT molecular complexity index is 682. The summed E-state index contributed by atoms with van der Waals surface area (Å²) >= 11 is 0. The molecule has 0 saturated carbocycles. The fourth-order valence-corrected chi connectivity index (χ4v) is 2.41. The fraction of sp³-hybridized carbons (Fsp3) is 0.286. The number of hydrogen-bond donors (Lipinski definition) is 1. The van der Waals surface area contributed by atoms with Crippen molar-refractivity contribution in [1.82, 2.24) is 15.3 Å². The van der Waals surface area contributed by atoms with Crippen LogP contribution in [0.3, 0.4) is 0 Å². The second-order valence-electron chi connectivity index (χ2n) is 4.77. The van der Waals surface area contributed by atoms with Gasteiger partial charge < -0.3 is 5.32 Å². The lowest BCUT2D eigenvalue weighted by Crippen LogP contribution is -2.25. The SMILES string of the molecule is Fc1ccc(-c2ncnc3c2CNCC3)cc1C(F)(F)F. The average molecular weight is 297 g/mol. The number of alkyl halides is 3. The Hall–Kier alpha value is -2.02. The van der Waals surface area contributed by atoms with Gasteiger partial charge in [0.1, 0.15) is 12.1 Å². The van der Waals surface area contributed by atoms with Crippen LogP contribution in [0.1, 0.15) is 16.8 Å². The van der Waals surface area contributed by atoms with Crippen molar-refractivity contribution in [3.05, 3.63) is 47.2 Å². The van der Waals surface area contributed by atoms with Gasteiger partial charge >= 0.3 is 6.18 Å². The molecular formula is C14H11F4N3. The summed E-state index contributed by atoms with van der Waals surface area (Å²) < 4.78 is 51.8. The van der Waals surface area contributed by atoms with Crippen LogP contribution >= 0.6 is 0 Å². The Kier molecular flexibility index (Phi) is 3.36. The minimum Gasteiger partial charge on any atom is -0.312 e. The Morgan fingerprint density at radius 1 is 1.14 bits per heavy atom. The van der Waals surface area contributed by atoms with Crippen molar-refractivity contribution in [2.75, 3.05) is 6.54 Å². The number of benzene rings is 1. The maximum Gasteiger partial charge on any atom is 0.419 e. The van der Waals surface area contributed by atoms with E-state index in [1.807, 2.05) is 0 Å². The molecule has 1 aliphatic rings. The first-order valence-corrected chi connectivity index (χ1v) is 6.37. The van der Waals surface area contributed by atoms with Crippen molar-refractivity contribution in [2.45, 2.75) is 19.1 Å². The Labute approximate surface area is 118 Å². The van der Waals surface area contributed by atoms with Crippen molar-refractivity contribution in [3.63, 3.8) is 0 Å². The summed E-state index contributed by atoms with van der Waals surface area (Å²) in [6.45, 7) is 1.25. The van der Waals surface area contributed by atoms with E-state index in [0.717, 1.165) is 29.9 Å². The molecule has 0 aliphatic carbocycles. The van der Waals surface area contributed by atoms with Crippen LogP contribution in [0.4, 0.5) is 17.6 Å². The molecule has 0 radical (unpaired) electrons. The van der Waals surface area contributed by atoms with E-state index in [-0.39, 0.29) is 5.56 Å². The highest BCUT2D eigenvalue weighted by Crippen LogP contribution is 2.35. The number of aromatic nitrogens is 2. The van der Waals surface area contributed by atoms with E-state index in [9.17, 15) is 17.6 Å². The van der Waals surface area contributed by atoms with E-state index in [2.05, 4.69) is 15.3 Å². The molecular weight excluding hydrogens is 286 g/mol. The van der Waals surface area contributed by atoms with E-state index in [1.54, 1.807) is 0 Å². The lowest BCUT2D eigenvalue weighted by Gasteiger charge is -2.19. The first-order valence-electron chi connectivity index (χ1n) is 6.37. The van der Waals surface area contributed by atoms with Gasteiger partial charge in [0.25, 0.3) is 0 Å². The zero-order valence-corrected chi connectivity index (χ0v) is 10.8. The molecule has 3 nitrogen and oxygen atoms in total. The summed E-state index contributed by atoms with van der Waals surface area (Å²) in [5.74, 6) is -1.28. The molecule has 0 saturated heterocycles. The molecule has 1 aliphatic heterocycles. The number of fused-ring (bicyclic) bond motifs is 1. The molecule has 2 heterocycles. The van der Waals surface area contributed by atoms with Gasteiger partial charge in [0.05, 0.1) is 17.0 Å². The molecule has 0 unspecified atom stereocenters. The minimum atomic E-state index is -4.73. The van der Waals surface area contributed by atoms with Gasteiger partial charge in [-0.3, -0.25) is 0 Å². The van der Waals surface area contributed by atoms with Gasteiger partial charge in [0.15, 0.2) is 0 Å².